The molecule has 5 heteroatoms. The van der Waals surface area contributed by atoms with E-state index in [0.29, 0.717) is 19.5 Å². The Bertz CT molecular complexity index is 512. The van der Waals surface area contributed by atoms with Gasteiger partial charge >= 0.3 is 0 Å². The molecular weight excluding hydrogens is 283 g/mol. The third-order valence-corrected chi connectivity index (χ3v) is 4.85. The first kappa shape index (κ1) is 15.4. The number of rotatable bonds is 3. The highest BCUT2D eigenvalue weighted by molar-refractivity contribution is 5.78. The molecule has 0 spiro atoms. The molecule has 1 N–H and O–H groups in total. The Labute approximate surface area is 130 Å². The molecule has 120 valence electrons. The maximum atomic E-state index is 12.9. The summed E-state index contributed by atoms with van der Waals surface area (Å²) >= 11 is 0. The van der Waals surface area contributed by atoms with Gasteiger partial charge in [-0.1, -0.05) is 12.1 Å². The van der Waals surface area contributed by atoms with Crippen LogP contribution in [0.5, 0.6) is 0 Å². The Morgan fingerprint density at radius 2 is 1.82 bits per heavy atom. The average molecular weight is 306 g/mol. The maximum Gasteiger partial charge on any atom is 0.227 e. The van der Waals surface area contributed by atoms with Crippen LogP contribution < -0.4 is 0 Å². The molecule has 4 nitrogen and oxygen atoms in total. The molecular formula is C17H23FN2O2. The van der Waals surface area contributed by atoms with Crippen molar-refractivity contribution < 1.29 is 14.3 Å². The molecule has 3 rings (SSSR count). The summed E-state index contributed by atoms with van der Waals surface area (Å²) in [5.74, 6) is -0.182. The summed E-state index contributed by atoms with van der Waals surface area (Å²) in [6.45, 7) is 3.08. The van der Waals surface area contributed by atoms with E-state index in [0.717, 1.165) is 37.9 Å². The molecule has 2 atom stereocenters. The third kappa shape index (κ3) is 3.47. The topological polar surface area (TPSA) is 43.8 Å². The number of benzene rings is 1. The molecule has 22 heavy (non-hydrogen) atoms. The van der Waals surface area contributed by atoms with Crippen LogP contribution in [0.15, 0.2) is 24.3 Å². The lowest BCUT2D eigenvalue weighted by Crippen LogP contribution is -2.53. The van der Waals surface area contributed by atoms with Gasteiger partial charge in [-0.2, -0.15) is 0 Å². The quantitative estimate of drug-likeness (QED) is 0.919. The fourth-order valence-corrected chi connectivity index (χ4v) is 3.54. The van der Waals surface area contributed by atoms with Crippen LogP contribution in [0.2, 0.25) is 0 Å². The van der Waals surface area contributed by atoms with Gasteiger partial charge in [-0.05, 0) is 37.0 Å². The summed E-state index contributed by atoms with van der Waals surface area (Å²) in [7, 11) is 0. The second kappa shape index (κ2) is 6.75. The molecule has 1 aromatic carbocycles. The molecule has 0 unspecified atom stereocenters. The third-order valence-electron chi connectivity index (χ3n) is 4.85. The lowest BCUT2D eigenvalue weighted by atomic mass is 10.1. The number of nitrogens with zero attached hydrogens (tertiary/aromatic N) is 2. The number of hydrogen-bond acceptors (Lipinski definition) is 3. The molecule has 1 aliphatic heterocycles. The van der Waals surface area contributed by atoms with Gasteiger partial charge in [0.25, 0.3) is 0 Å². The zero-order valence-electron chi connectivity index (χ0n) is 12.7. The van der Waals surface area contributed by atoms with Crippen LogP contribution in [0, 0.1) is 5.82 Å². The van der Waals surface area contributed by atoms with E-state index >= 15 is 0 Å². The van der Waals surface area contributed by atoms with Crippen molar-refractivity contribution in [2.45, 2.75) is 37.8 Å². The van der Waals surface area contributed by atoms with E-state index in [1.807, 2.05) is 4.90 Å². The Kier molecular flexibility index (Phi) is 4.74. The number of hydrogen-bond donors (Lipinski definition) is 1. The smallest absolute Gasteiger partial charge is 0.227 e. The van der Waals surface area contributed by atoms with Gasteiger partial charge in [-0.25, -0.2) is 4.39 Å². The standard InChI is InChI=1S/C17H23FN2O2/c18-14-6-4-13(5-7-14)12-17(22)20-10-8-19(9-11-20)15-2-1-3-16(15)21/h4-7,15-16,21H,1-3,8-12H2/t15-,16-/m1/s1. The molecule has 0 bridgehead atoms. The second-order valence-corrected chi connectivity index (χ2v) is 6.29. The molecule has 0 radical (unpaired) electrons. The molecule has 2 fully saturated rings. The van der Waals surface area contributed by atoms with Crippen molar-refractivity contribution in [1.29, 1.82) is 0 Å². The number of piperazine rings is 1. The largest absolute Gasteiger partial charge is 0.391 e. The lowest BCUT2D eigenvalue weighted by Gasteiger charge is -2.39. The van der Waals surface area contributed by atoms with E-state index in [1.54, 1.807) is 12.1 Å². The van der Waals surface area contributed by atoms with Gasteiger partial charge in [0, 0.05) is 32.2 Å². The molecule has 1 saturated heterocycles. The summed E-state index contributed by atoms with van der Waals surface area (Å²) in [6.07, 6.45) is 3.17. The predicted molar refractivity (Wildman–Crippen MR) is 81.9 cm³/mol. The Hall–Kier alpha value is -1.46. The van der Waals surface area contributed by atoms with Crippen molar-refractivity contribution in [3.05, 3.63) is 35.6 Å². The van der Waals surface area contributed by atoms with Crippen molar-refractivity contribution in [3.63, 3.8) is 0 Å². The average Bonchev–Trinajstić information content (AvgIpc) is 2.96. The summed E-state index contributed by atoms with van der Waals surface area (Å²) < 4.78 is 12.9. The second-order valence-electron chi connectivity index (χ2n) is 6.29. The van der Waals surface area contributed by atoms with E-state index < -0.39 is 0 Å². The van der Waals surface area contributed by atoms with Crippen LogP contribution in [0.25, 0.3) is 0 Å². The summed E-state index contributed by atoms with van der Waals surface area (Å²) in [4.78, 5) is 16.5. The van der Waals surface area contributed by atoms with Gasteiger partial charge in [0.15, 0.2) is 0 Å². The van der Waals surface area contributed by atoms with Gasteiger partial charge in [0.05, 0.1) is 12.5 Å². The number of halogens is 1. The van der Waals surface area contributed by atoms with Gasteiger partial charge < -0.3 is 10.0 Å². The van der Waals surface area contributed by atoms with E-state index in [9.17, 15) is 14.3 Å². The summed E-state index contributed by atoms with van der Waals surface area (Å²) in [6, 6.07) is 6.38. The summed E-state index contributed by atoms with van der Waals surface area (Å²) in [5.41, 5.74) is 0.847. The van der Waals surface area contributed by atoms with Crippen LogP contribution in [-0.2, 0) is 11.2 Å². The highest BCUT2D eigenvalue weighted by Gasteiger charge is 2.33. The van der Waals surface area contributed by atoms with E-state index in [2.05, 4.69) is 4.90 Å². The number of aliphatic hydroxyl groups is 1. The highest BCUT2D eigenvalue weighted by Crippen LogP contribution is 2.25. The first-order valence-corrected chi connectivity index (χ1v) is 8.08. The van der Waals surface area contributed by atoms with Gasteiger partial charge in [-0.3, -0.25) is 9.69 Å². The minimum Gasteiger partial charge on any atom is -0.391 e. The monoisotopic (exact) mass is 306 g/mol. The van der Waals surface area contributed by atoms with Crippen molar-refractivity contribution in [2.24, 2.45) is 0 Å². The minimum atomic E-state index is -0.278. The van der Waals surface area contributed by atoms with Crippen molar-refractivity contribution in [3.8, 4) is 0 Å². The molecule has 0 aromatic heterocycles. The van der Waals surface area contributed by atoms with Crippen molar-refractivity contribution >= 4 is 5.91 Å². The van der Waals surface area contributed by atoms with Crippen LogP contribution in [0.3, 0.4) is 0 Å². The van der Waals surface area contributed by atoms with Crippen molar-refractivity contribution in [2.75, 3.05) is 26.2 Å². The highest BCUT2D eigenvalue weighted by atomic mass is 19.1. The van der Waals surface area contributed by atoms with Crippen LogP contribution in [-0.4, -0.2) is 59.1 Å². The van der Waals surface area contributed by atoms with Crippen LogP contribution >= 0.6 is 0 Å². The molecule has 1 saturated carbocycles. The van der Waals surface area contributed by atoms with Gasteiger partial charge in [0.2, 0.25) is 5.91 Å². The normalized spacial score (nSPS) is 26.4. The fourth-order valence-electron chi connectivity index (χ4n) is 3.54. The number of carbonyl (C=O) groups excluding carboxylic acids is 1. The number of aliphatic hydroxyl groups excluding tert-OH is 1. The predicted octanol–water partition coefficient (Wildman–Crippen LogP) is 1.43. The zero-order chi connectivity index (χ0) is 15.5. The van der Waals surface area contributed by atoms with E-state index in [1.165, 1.54) is 12.1 Å². The Morgan fingerprint density at radius 3 is 2.41 bits per heavy atom. The van der Waals surface area contributed by atoms with Crippen LogP contribution in [0.1, 0.15) is 24.8 Å². The summed E-state index contributed by atoms with van der Waals surface area (Å²) in [5, 5.41) is 9.98. The molecule has 2 aliphatic rings. The fraction of sp³-hybridized carbons (Fsp3) is 0.588. The Balaban J connectivity index is 1.50. The minimum absolute atomic E-state index is 0.0956. The van der Waals surface area contributed by atoms with Gasteiger partial charge in [-0.15, -0.1) is 0 Å². The number of amides is 1. The van der Waals surface area contributed by atoms with Crippen molar-refractivity contribution in [1.82, 2.24) is 9.80 Å². The maximum absolute atomic E-state index is 12.9. The lowest BCUT2D eigenvalue weighted by molar-refractivity contribution is -0.132. The first-order chi connectivity index (χ1) is 10.6. The van der Waals surface area contributed by atoms with E-state index in [-0.39, 0.29) is 23.9 Å². The van der Waals surface area contributed by atoms with Crippen LogP contribution in [0.4, 0.5) is 4.39 Å². The molecule has 1 aromatic rings. The molecule has 1 amide bonds. The molecule has 1 aliphatic carbocycles. The number of carbonyl (C=O) groups is 1. The zero-order valence-corrected chi connectivity index (χ0v) is 12.7. The Morgan fingerprint density at radius 1 is 1.14 bits per heavy atom. The first-order valence-electron chi connectivity index (χ1n) is 8.08. The molecule has 1 heterocycles. The van der Waals surface area contributed by atoms with E-state index in [4.69, 9.17) is 0 Å². The van der Waals surface area contributed by atoms with Gasteiger partial charge in [0.1, 0.15) is 5.82 Å². The SMILES string of the molecule is O=C(Cc1ccc(F)cc1)N1CCN([C@@H]2CCC[C@H]2O)CC1.